The minimum absolute atomic E-state index is 0.0934. The second-order valence-corrected chi connectivity index (χ2v) is 3.51. The molecule has 0 aromatic carbocycles. The van der Waals surface area contributed by atoms with Gasteiger partial charge < -0.3 is 0 Å². The molecule has 0 spiro atoms. The van der Waals surface area contributed by atoms with E-state index in [0.717, 1.165) is 18.5 Å². The SMILES string of the molecule is CC(=O)n1cc(C)c2c1C=CCC2. The van der Waals surface area contributed by atoms with Gasteiger partial charge in [0.25, 0.3) is 0 Å². The Morgan fingerprint density at radius 3 is 3.00 bits per heavy atom. The van der Waals surface area contributed by atoms with E-state index in [9.17, 15) is 4.79 Å². The lowest BCUT2D eigenvalue weighted by atomic mass is 10.0. The van der Waals surface area contributed by atoms with E-state index in [4.69, 9.17) is 0 Å². The molecule has 0 bridgehead atoms. The zero-order valence-electron chi connectivity index (χ0n) is 8.00. The topological polar surface area (TPSA) is 22.0 Å². The molecule has 0 saturated carbocycles. The van der Waals surface area contributed by atoms with Crippen molar-refractivity contribution in [2.45, 2.75) is 26.7 Å². The van der Waals surface area contributed by atoms with Crippen LogP contribution in [-0.2, 0) is 6.42 Å². The summed E-state index contributed by atoms with van der Waals surface area (Å²) in [6, 6.07) is 0. The summed E-state index contributed by atoms with van der Waals surface area (Å²) in [5.41, 5.74) is 3.64. The lowest BCUT2D eigenvalue weighted by Crippen LogP contribution is -2.07. The van der Waals surface area contributed by atoms with E-state index < -0.39 is 0 Å². The monoisotopic (exact) mass is 175 g/mol. The molecular formula is C11H13NO. The molecule has 0 atom stereocenters. The van der Waals surface area contributed by atoms with E-state index in [2.05, 4.69) is 13.0 Å². The van der Waals surface area contributed by atoms with E-state index in [-0.39, 0.29) is 5.91 Å². The van der Waals surface area contributed by atoms with Crippen LogP contribution in [0.5, 0.6) is 0 Å². The summed E-state index contributed by atoms with van der Waals surface area (Å²) in [6.07, 6.45) is 8.27. The van der Waals surface area contributed by atoms with Crippen LogP contribution in [0.15, 0.2) is 12.3 Å². The van der Waals surface area contributed by atoms with Crippen molar-refractivity contribution in [3.05, 3.63) is 29.1 Å². The number of allylic oxidation sites excluding steroid dienone is 1. The fraction of sp³-hybridized carbons (Fsp3) is 0.364. The molecule has 1 aromatic rings. The average Bonchev–Trinajstić information content (AvgIpc) is 2.45. The first kappa shape index (κ1) is 8.30. The van der Waals surface area contributed by atoms with E-state index in [1.165, 1.54) is 11.1 Å². The van der Waals surface area contributed by atoms with Gasteiger partial charge in [0, 0.05) is 13.1 Å². The highest BCUT2D eigenvalue weighted by Gasteiger charge is 2.14. The summed E-state index contributed by atoms with van der Waals surface area (Å²) in [6.45, 7) is 3.67. The summed E-state index contributed by atoms with van der Waals surface area (Å²) >= 11 is 0. The largest absolute Gasteiger partial charge is 0.288 e. The normalized spacial score (nSPS) is 14.3. The Labute approximate surface area is 77.9 Å². The van der Waals surface area contributed by atoms with Crippen molar-refractivity contribution in [2.75, 3.05) is 0 Å². The molecule has 0 radical (unpaired) electrons. The van der Waals surface area contributed by atoms with E-state index in [0.29, 0.717) is 0 Å². The van der Waals surface area contributed by atoms with Gasteiger partial charge in [-0.15, -0.1) is 0 Å². The molecule has 68 valence electrons. The van der Waals surface area contributed by atoms with Gasteiger partial charge in [-0.25, -0.2) is 0 Å². The Morgan fingerprint density at radius 2 is 2.31 bits per heavy atom. The van der Waals surface area contributed by atoms with Gasteiger partial charge in [0.2, 0.25) is 5.91 Å². The van der Waals surface area contributed by atoms with Crippen LogP contribution in [0.2, 0.25) is 0 Å². The molecule has 0 unspecified atom stereocenters. The van der Waals surface area contributed by atoms with Crippen LogP contribution in [0.4, 0.5) is 0 Å². The lowest BCUT2D eigenvalue weighted by Gasteiger charge is -2.08. The Hall–Kier alpha value is -1.31. The molecule has 2 heteroatoms. The van der Waals surface area contributed by atoms with Crippen LogP contribution in [0.1, 0.15) is 35.0 Å². The Bertz CT molecular complexity index is 385. The quantitative estimate of drug-likeness (QED) is 0.593. The molecule has 0 fully saturated rings. The van der Waals surface area contributed by atoms with Crippen molar-refractivity contribution in [3.8, 4) is 0 Å². The summed E-state index contributed by atoms with van der Waals surface area (Å²) in [4.78, 5) is 11.3. The van der Waals surface area contributed by atoms with Crippen molar-refractivity contribution in [2.24, 2.45) is 0 Å². The standard InChI is InChI=1S/C11H13NO/c1-8-7-12(9(2)13)11-6-4-3-5-10(8)11/h4,6-7H,3,5H2,1-2H3. The third-order valence-corrected chi connectivity index (χ3v) is 2.54. The molecule has 13 heavy (non-hydrogen) atoms. The lowest BCUT2D eigenvalue weighted by molar-refractivity contribution is 0.0936. The predicted molar refractivity (Wildman–Crippen MR) is 52.8 cm³/mol. The number of fused-ring (bicyclic) bond motifs is 1. The number of nitrogens with zero attached hydrogens (tertiary/aromatic N) is 1. The van der Waals surface area contributed by atoms with Crippen LogP contribution >= 0.6 is 0 Å². The third kappa shape index (κ3) is 1.22. The molecule has 1 aliphatic carbocycles. The fourth-order valence-electron chi connectivity index (χ4n) is 1.88. The summed E-state index contributed by atoms with van der Waals surface area (Å²) in [5.74, 6) is 0.0934. The zero-order chi connectivity index (χ0) is 9.42. The zero-order valence-corrected chi connectivity index (χ0v) is 8.00. The van der Waals surface area contributed by atoms with E-state index in [1.54, 1.807) is 11.5 Å². The van der Waals surface area contributed by atoms with Gasteiger partial charge in [0.15, 0.2) is 0 Å². The van der Waals surface area contributed by atoms with Gasteiger partial charge in [0.05, 0.1) is 5.69 Å². The molecule has 2 nitrogen and oxygen atoms in total. The number of hydrogen-bond donors (Lipinski definition) is 0. The maximum Gasteiger partial charge on any atom is 0.227 e. The van der Waals surface area contributed by atoms with Gasteiger partial charge in [0.1, 0.15) is 0 Å². The van der Waals surface area contributed by atoms with Gasteiger partial charge in [-0.1, -0.05) is 6.08 Å². The smallest absolute Gasteiger partial charge is 0.227 e. The Balaban J connectivity index is 2.62. The Kier molecular flexibility index (Phi) is 1.83. The van der Waals surface area contributed by atoms with Crippen molar-refractivity contribution in [1.29, 1.82) is 0 Å². The van der Waals surface area contributed by atoms with Gasteiger partial charge >= 0.3 is 0 Å². The molecule has 2 rings (SSSR count). The van der Waals surface area contributed by atoms with E-state index >= 15 is 0 Å². The highest BCUT2D eigenvalue weighted by atomic mass is 16.1. The van der Waals surface area contributed by atoms with Crippen molar-refractivity contribution >= 4 is 12.0 Å². The maximum atomic E-state index is 11.3. The van der Waals surface area contributed by atoms with Crippen molar-refractivity contribution in [1.82, 2.24) is 4.57 Å². The summed E-state index contributed by atoms with van der Waals surface area (Å²) < 4.78 is 1.74. The van der Waals surface area contributed by atoms with Crippen molar-refractivity contribution < 1.29 is 4.79 Å². The van der Waals surface area contributed by atoms with Gasteiger partial charge in [-0.05, 0) is 37.0 Å². The number of carbonyl (C=O) groups is 1. The second-order valence-electron chi connectivity index (χ2n) is 3.51. The molecule has 1 aliphatic rings. The predicted octanol–water partition coefficient (Wildman–Crippen LogP) is 2.42. The molecule has 0 amide bonds. The van der Waals surface area contributed by atoms with Crippen LogP contribution in [0.25, 0.3) is 6.08 Å². The highest BCUT2D eigenvalue weighted by Crippen LogP contribution is 2.24. The number of aromatic nitrogens is 1. The first-order valence-electron chi connectivity index (χ1n) is 4.58. The number of carbonyl (C=O) groups excluding carboxylic acids is 1. The second kappa shape index (κ2) is 2.87. The Morgan fingerprint density at radius 1 is 1.54 bits per heavy atom. The van der Waals surface area contributed by atoms with Crippen LogP contribution < -0.4 is 0 Å². The van der Waals surface area contributed by atoms with Gasteiger partial charge in [-0.2, -0.15) is 0 Å². The first-order chi connectivity index (χ1) is 6.20. The van der Waals surface area contributed by atoms with E-state index in [1.807, 2.05) is 12.3 Å². The average molecular weight is 175 g/mol. The number of rotatable bonds is 0. The highest BCUT2D eigenvalue weighted by molar-refractivity contribution is 5.80. The minimum atomic E-state index is 0.0934. The number of aryl methyl sites for hydroxylation is 1. The maximum absolute atomic E-state index is 11.3. The minimum Gasteiger partial charge on any atom is -0.288 e. The fourth-order valence-corrected chi connectivity index (χ4v) is 1.88. The number of hydrogen-bond acceptors (Lipinski definition) is 1. The van der Waals surface area contributed by atoms with Gasteiger partial charge in [-0.3, -0.25) is 9.36 Å². The van der Waals surface area contributed by atoms with Crippen molar-refractivity contribution in [3.63, 3.8) is 0 Å². The first-order valence-corrected chi connectivity index (χ1v) is 4.58. The molecule has 0 aliphatic heterocycles. The summed E-state index contributed by atoms with van der Waals surface area (Å²) in [7, 11) is 0. The molecule has 1 heterocycles. The van der Waals surface area contributed by atoms with Crippen LogP contribution in [0, 0.1) is 6.92 Å². The molecular weight excluding hydrogens is 162 g/mol. The van der Waals surface area contributed by atoms with Crippen LogP contribution in [0.3, 0.4) is 0 Å². The van der Waals surface area contributed by atoms with Crippen LogP contribution in [-0.4, -0.2) is 10.5 Å². The molecule has 1 aromatic heterocycles. The third-order valence-electron chi connectivity index (χ3n) is 2.54. The summed E-state index contributed by atoms with van der Waals surface area (Å²) in [5, 5.41) is 0. The molecule has 0 N–H and O–H groups in total. The molecule has 0 saturated heterocycles.